The van der Waals surface area contributed by atoms with Gasteiger partial charge < -0.3 is 9.67 Å². The van der Waals surface area contributed by atoms with Crippen molar-refractivity contribution in [3.63, 3.8) is 0 Å². The Bertz CT molecular complexity index is 433. The second-order valence-corrected chi connectivity index (χ2v) is 3.82. The predicted molar refractivity (Wildman–Crippen MR) is 52.6 cm³/mol. The van der Waals surface area contributed by atoms with Crippen molar-refractivity contribution in [1.29, 1.82) is 0 Å². The van der Waals surface area contributed by atoms with Gasteiger partial charge in [-0.2, -0.15) is 0 Å². The molecule has 0 spiro atoms. The van der Waals surface area contributed by atoms with E-state index in [0.29, 0.717) is 12.1 Å². The topological polar surface area (TPSA) is 55.1 Å². The summed E-state index contributed by atoms with van der Waals surface area (Å²) in [5.41, 5.74) is 2.08. The Balaban J connectivity index is 2.14. The van der Waals surface area contributed by atoms with Crippen LogP contribution in [0.5, 0.6) is 0 Å². The molecule has 14 heavy (non-hydrogen) atoms. The van der Waals surface area contributed by atoms with Gasteiger partial charge in [0.15, 0.2) is 0 Å². The Morgan fingerprint density at radius 2 is 2.50 bits per heavy atom. The summed E-state index contributed by atoms with van der Waals surface area (Å²) in [4.78, 5) is 15.7. The lowest BCUT2D eigenvalue weighted by Gasteiger charge is -1.97. The van der Waals surface area contributed by atoms with Crippen LogP contribution >= 0.6 is 11.3 Å². The van der Waals surface area contributed by atoms with Crippen molar-refractivity contribution in [2.45, 2.75) is 6.54 Å². The van der Waals surface area contributed by atoms with Crippen molar-refractivity contribution in [2.24, 2.45) is 0 Å². The van der Waals surface area contributed by atoms with E-state index < -0.39 is 5.97 Å². The van der Waals surface area contributed by atoms with Gasteiger partial charge in [-0.15, -0.1) is 11.3 Å². The Labute approximate surface area is 84.5 Å². The molecule has 0 atom stereocenters. The third-order valence-electron chi connectivity index (χ3n) is 1.82. The molecule has 2 rings (SSSR count). The Morgan fingerprint density at radius 1 is 1.64 bits per heavy atom. The summed E-state index contributed by atoms with van der Waals surface area (Å²) < 4.78 is 1.83. The number of carbonyl (C=O) groups is 1. The van der Waals surface area contributed by atoms with Crippen molar-refractivity contribution in [1.82, 2.24) is 9.55 Å². The molecular weight excluding hydrogens is 200 g/mol. The van der Waals surface area contributed by atoms with Crippen LogP contribution in [0.4, 0.5) is 0 Å². The van der Waals surface area contributed by atoms with Crippen molar-refractivity contribution >= 4 is 17.3 Å². The minimum atomic E-state index is -0.895. The first-order valence-corrected chi connectivity index (χ1v) is 4.90. The van der Waals surface area contributed by atoms with E-state index in [0.717, 1.165) is 4.88 Å². The van der Waals surface area contributed by atoms with Crippen LogP contribution in [0.15, 0.2) is 30.2 Å². The summed E-state index contributed by atoms with van der Waals surface area (Å²) in [6, 6.07) is 1.59. The van der Waals surface area contributed by atoms with Crippen molar-refractivity contribution < 1.29 is 9.90 Å². The number of carboxylic acids is 1. The molecule has 0 aliphatic heterocycles. The van der Waals surface area contributed by atoms with E-state index in [1.54, 1.807) is 41.5 Å². The molecule has 0 unspecified atom stereocenters. The fourth-order valence-corrected chi connectivity index (χ4v) is 1.77. The maximum absolute atomic E-state index is 10.6. The third kappa shape index (κ3) is 1.82. The first kappa shape index (κ1) is 8.96. The molecule has 0 aromatic carbocycles. The summed E-state index contributed by atoms with van der Waals surface area (Å²) in [6.07, 6.45) is 5.15. The summed E-state index contributed by atoms with van der Waals surface area (Å²) >= 11 is 1.56. The van der Waals surface area contributed by atoms with E-state index in [1.165, 1.54) is 0 Å². The lowest BCUT2D eigenvalue weighted by molar-refractivity contribution is 0.0697. The van der Waals surface area contributed by atoms with Gasteiger partial charge in [-0.1, -0.05) is 0 Å². The number of thiazole rings is 1. The van der Waals surface area contributed by atoms with E-state index in [1.807, 2.05) is 4.57 Å². The maximum atomic E-state index is 10.6. The summed E-state index contributed by atoms with van der Waals surface area (Å²) in [5.74, 6) is -0.895. The molecule has 0 saturated carbocycles. The largest absolute Gasteiger partial charge is 0.478 e. The molecular formula is C9H8N2O2S. The van der Waals surface area contributed by atoms with Gasteiger partial charge in [0.2, 0.25) is 0 Å². The van der Waals surface area contributed by atoms with Gasteiger partial charge in [-0.05, 0) is 6.07 Å². The van der Waals surface area contributed by atoms with Gasteiger partial charge in [0.1, 0.15) is 0 Å². The number of rotatable bonds is 3. The number of carboxylic acid groups (broad SMARTS) is 1. The molecule has 4 nitrogen and oxygen atoms in total. The highest BCUT2D eigenvalue weighted by atomic mass is 32.1. The zero-order valence-corrected chi connectivity index (χ0v) is 8.07. The van der Waals surface area contributed by atoms with Gasteiger partial charge >= 0.3 is 5.97 Å². The zero-order valence-electron chi connectivity index (χ0n) is 7.25. The average molecular weight is 208 g/mol. The molecule has 2 aromatic rings. The fraction of sp³-hybridized carbons (Fsp3) is 0.111. The zero-order chi connectivity index (χ0) is 9.97. The molecule has 0 bridgehead atoms. The van der Waals surface area contributed by atoms with Crippen molar-refractivity contribution in [3.8, 4) is 0 Å². The van der Waals surface area contributed by atoms with Crippen LogP contribution in [0.1, 0.15) is 15.2 Å². The standard InChI is InChI=1S/C9H8N2O2S/c12-9(13)7-1-2-11(4-7)5-8-3-10-6-14-8/h1-4,6H,5H2,(H,12,13). The Morgan fingerprint density at radius 3 is 3.07 bits per heavy atom. The van der Waals surface area contributed by atoms with Gasteiger partial charge in [-0.3, -0.25) is 4.98 Å². The summed E-state index contributed by atoms with van der Waals surface area (Å²) in [5, 5.41) is 8.70. The van der Waals surface area contributed by atoms with Crippen LogP contribution in [0.25, 0.3) is 0 Å². The number of hydrogen-bond donors (Lipinski definition) is 1. The molecule has 1 N–H and O–H groups in total. The second kappa shape index (κ2) is 3.63. The van der Waals surface area contributed by atoms with Gasteiger partial charge in [0, 0.05) is 23.5 Å². The molecule has 0 fully saturated rings. The molecule has 0 radical (unpaired) electrons. The van der Waals surface area contributed by atoms with Crippen molar-refractivity contribution in [2.75, 3.05) is 0 Å². The molecule has 5 heteroatoms. The maximum Gasteiger partial charge on any atom is 0.337 e. The van der Waals surface area contributed by atoms with Crippen LogP contribution in [0.2, 0.25) is 0 Å². The predicted octanol–water partition coefficient (Wildman–Crippen LogP) is 1.69. The number of hydrogen-bond acceptors (Lipinski definition) is 3. The highest BCUT2D eigenvalue weighted by Crippen LogP contribution is 2.09. The molecule has 72 valence electrons. The lowest BCUT2D eigenvalue weighted by Crippen LogP contribution is -1.96. The average Bonchev–Trinajstić information content (AvgIpc) is 2.75. The van der Waals surface area contributed by atoms with E-state index in [2.05, 4.69) is 4.98 Å². The van der Waals surface area contributed by atoms with E-state index >= 15 is 0 Å². The first-order valence-electron chi connectivity index (χ1n) is 4.02. The van der Waals surface area contributed by atoms with Crippen LogP contribution in [-0.2, 0) is 6.54 Å². The Hall–Kier alpha value is -1.62. The quantitative estimate of drug-likeness (QED) is 0.835. The third-order valence-corrected chi connectivity index (χ3v) is 2.58. The SMILES string of the molecule is O=C(O)c1ccn(Cc2cncs2)c1. The highest BCUT2D eigenvalue weighted by Gasteiger charge is 2.04. The number of nitrogens with zero attached hydrogens (tertiary/aromatic N) is 2. The second-order valence-electron chi connectivity index (χ2n) is 2.85. The van der Waals surface area contributed by atoms with Gasteiger partial charge in [0.25, 0.3) is 0 Å². The van der Waals surface area contributed by atoms with Crippen LogP contribution in [-0.4, -0.2) is 20.6 Å². The van der Waals surface area contributed by atoms with Crippen LogP contribution in [0.3, 0.4) is 0 Å². The van der Waals surface area contributed by atoms with E-state index in [4.69, 9.17) is 5.11 Å². The van der Waals surface area contributed by atoms with E-state index in [9.17, 15) is 4.79 Å². The lowest BCUT2D eigenvalue weighted by atomic mass is 10.4. The van der Waals surface area contributed by atoms with Gasteiger partial charge in [-0.25, -0.2) is 4.79 Å². The number of aromatic carboxylic acids is 1. The van der Waals surface area contributed by atoms with Crippen LogP contribution < -0.4 is 0 Å². The van der Waals surface area contributed by atoms with Crippen molar-refractivity contribution in [3.05, 3.63) is 40.6 Å². The van der Waals surface area contributed by atoms with E-state index in [-0.39, 0.29) is 0 Å². The highest BCUT2D eigenvalue weighted by molar-refractivity contribution is 7.09. The minimum Gasteiger partial charge on any atom is -0.478 e. The Kier molecular flexibility index (Phi) is 2.32. The smallest absolute Gasteiger partial charge is 0.337 e. The molecule has 2 aromatic heterocycles. The minimum absolute atomic E-state index is 0.314. The first-order chi connectivity index (χ1) is 6.75. The molecule has 0 amide bonds. The van der Waals surface area contributed by atoms with Crippen LogP contribution in [0, 0.1) is 0 Å². The molecule has 0 aliphatic rings. The molecule has 0 aliphatic carbocycles. The monoisotopic (exact) mass is 208 g/mol. The molecule has 0 saturated heterocycles. The molecule has 2 heterocycles. The normalized spacial score (nSPS) is 10.3. The fourth-order valence-electron chi connectivity index (χ4n) is 1.17. The summed E-state index contributed by atoms with van der Waals surface area (Å²) in [7, 11) is 0. The summed E-state index contributed by atoms with van der Waals surface area (Å²) in [6.45, 7) is 0.679. The van der Waals surface area contributed by atoms with Gasteiger partial charge in [0.05, 0.1) is 17.6 Å². The number of aromatic nitrogens is 2.